The van der Waals surface area contributed by atoms with Crippen LogP contribution < -0.4 is 20.5 Å². The van der Waals surface area contributed by atoms with E-state index in [0.29, 0.717) is 13.0 Å². The van der Waals surface area contributed by atoms with Crippen LogP contribution in [0.4, 0.5) is 10.1 Å². The largest absolute Gasteiger partial charge is 0.392 e. The van der Waals surface area contributed by atoms with Gasteiger partial charge < -0.3 is 15.7 Å². The number of aliphatic imine (C=N–C) groups is 1. The molecule has 3 atom stereocenters. The molecule has 0 amide bonds. The number of amidine groups is 1. The zero-order chi connectivity index (χ0) is 24.4. The number of azo groups is 1. The van der Waals surface area contributed by atoms with Crippen LogP contribution in [-0.4, -0.2) is 72.9 Å². The van der Waals surface area contributed by atoms with Crippen molar-refractivity contribution in [1.29, 1.82) is 0 Å². The Bertz CT molecular complexity index is 1160. The summed E-state index contributed by atoms with van der Waals surface area (Å²) in [5, 5.41) is 22.8. The fourth-order valence-electron chi connectivity index (χ4n) is 3.75. The normalized spacial score (nSPS) is 22.5. The van der Waals surface area contributed by atoms with Crippen LogP contribution in [0, 0.1) is 5.92 Å². The van der Waals surface area contributed by atoms with E-state index in [1.165, 1.54) is 6.07 Å². The van der Waals surface area contributed by atoms with Gasteiger partial charge in [-0.25, -0.2) is 36.1 Å². The number of alkyl halides is 1. The average Bonchev–Trinajstić information content (AvgIpc) is 3.30. The number of rotatable bonds is 9. The van der Waals surface area contributed by atoms with E-state index in [1.807, 2.05) is 0 Å². The summed E-state index contributed by atoms with van der Waals surface area (Å²) in [6.07, 6.45) is -1.52. The van der Waals surface area contributed by atoms with Crippen molar-refractivity contribution in [2.24, 2.45) is 32.0 Å². The van der Waals surface area contributed by atoms with Gasteiger partial charge in [0, 0.05) is 31.2 Å². The van der Waals surface area contributed by atoms with Crippen LogP contribution in [0.2, 0.25) is 0 Å². The molecular formula is C18H28FN7O5S2. The summed E-state index contributed by atoms with van der Waals surface area (Å²) in [5.74, 6) is -0.448. The van der Waals surface area contributed by atoms with Gasteiger partial charge in [0.15, 0.2) is 12.5 Å². The number of nitrogens with zero attached hydrogens (tertiary/aromatic N) is 4. The molecule has 3 unspecified atom stereocenters. The number of piperidine rings is 1. The van der Waals surface area contributed by atoms with Crippen molar-refractivity contribution < 1.29 is 26.3 Å². The molecule has 12 nitrogen and oxygen atoms in total. The number of aliphatic hydroxyl groups excluding tert-OH is 1. The first-order valence-electron chi connectivity index (χ1n) is 10.4. The van der Waals surface area contributed by atoms with Gasteiger partial charge >= 0.3 is 0 Å². The Kier molecular flexibility index (Phi) is 7.80. The van der Waals surface area contributed by atoms with Crippen molar-refractivity contribution in [2.45, 2.75) is 41.8 Å². The molecule has 33 heavy (non-hydrogen) atoms. The first-order valence-corrected chi connectivity index (χ1v) is 13.4. The van der Waals surface area contributed by atoms with Crippen molar-refractivity contribution in [3.05, 3.63) is 17.7 Å². The molecule has 0 aromatic heterocycles. The number of hydrogen-bond acceptors (Lipinski definition) is 10. The van der Waals surface area contributed by atoms with E-state index < -0.39 is 42.1 Å². The fraction of sp³-hybridized carbons (Fsp3) is 0.611. The maximum absolute atomic E-state index is 14.6. The smallest absolute Gasteiger partial charge is 0.242 e. The summed E-state index contributed by atoms with van der Waals surface area (Å²) < 4.78 is 68.1. The average molecular weight is 506 g/mol. The molecule has 6 N–H and O–H groups in total. The molecule has 2 aliphatic rings. The van der Waals surface area contributed by atoms with Crippen LogP contribution in [0.1, 0.15) is 25.3 Å². The lowest BCUT2D eigenvalue weighted by Crippen LogP contribution is -2.45. The van der Waals surface area contributed by atoms with Crippen molar-refractivity contribution in [2.75, 3.05) is 37.7 Å². The standard InChI is InChI=1S/C18H28FN7O5S2/c1-2-12(27)8-24-33(30,31)15-4-3-14(26-6-5-11(7-20)13(19)9-26)16(17(15)32(21,28)29)18-22-10-23-25-18/h3-4,11-13,24,27H,2,5-10,20H2,1H3,(H2,21,28,29). The Balaban J connectivity index is 2.19. The van der Waals surface area contributed by atoms with E-state index in [9.17, 15) is 26.3 Å². The first-order chi connectivity index (χ1) is 15.5. The van der Waals surface area contributed by atoms with Crippen molar-refractivity contribution >= 4 is 31.6 Å². The fourth-order valence-corrected chi connectivity index (χ4v) is 6.42. The Morgan fingerprint density at radius 3 is 2.61 bits per heavy atom. The highest BCUT2D eigenvalue weighted by molar-refractivity contribution is 7.92. The van der Waals surface area contributed by atoms with Crippen LogP contribution in [0.15, 0.2) is 37.1 Å². The molecule has 184 valence electrons. The number of aliphatic hydroxyl groups is 1. The minimum atomic E-state index is -4.62. The third kappa shape index (κ3) is 5.55. The van der Waals surface area contributed by atoms with Crippen LogP contribution >= 0.6 is 0 Å². The van der Waals surface area contributed by atoms with Crippen LogP contribution in [0.3, 0.4) is 0 Å². The molecule has 2 aliphatic heterocycles. The maximum atomic E-state index is 14.6. The third-order valence-electron chi connectivity index (χ3n) is 5.65. The lowest BCUT2D eigenvalue weighted by molar-refractivity contribution is 0.174. The van der Waals surface area contributed by atoms with Crippen LogP contribution in [0.25, 0.3) is 0 Å². The van der Waals surface area contributed by atoms with Gasteiger partial charge in [-0.1, -0.05) is 6.92 Å². The highest BCUT2D eigenvalue weighted by Crippen LogP contribution is 2.36. The molecule has 0 aliphatic carbocycles. The number of nitrogens with one attached hydrogen (secondary N) is 1. The lowest BCUT2D eigenvalue weighted by Gasteiger charge is -2.37. The molecule has 1 saturated heterocycles. The Hall–Kier alpha value is -2.04. The number of benzene rings is 1. The number of nitrogens with two attached hydrogens (primary N) is 2. The van der Waals surface area contributed by atoms with Crippen molar-refractivity contribution in [3.63, 3.8) is 0 Å². The van der Waals surface area contributed by atoms with Crippen LogP contribution in [-0.2, 0) is 20.0 Å². The molecule has 0 bridgehead atoms. The molecule has 0 radical (unpaired) electrons. The van der Waals surface area contributed by atoms with E-state index >= 15 is 0 Å². The van der Waals surface area contributed by atoms with E-state index in [4.69, 9.17) is 10.9 Å². The predicted molar refractivity (Wildman–Crippen MR) is 120 cm³/mol. The zero-order valence-electron chi connectivity index (χ0n) is 18.1. The second kappa shape index (κ2) is 10.1. The van der Waals surface area contributed by atoms with E-state index in [2.05, 4.69) is 19.9 Å². The molecular weight excluding hydrogens is 477 g/mol. The molecule has 0 spiro atoms. The van der Waals surface area contributed by atoms with Gasteiger partial charge in [0.25, 0.3) is 0 Å². The Morgan fingerprint density at radius 2 is 2.06 bits per heavy atom. The quantitative estimate of drug-likeness (QED) is 0.353. The highest BCUT2D eigenvalue weighted by atomic mass is 32.2. The van der Waals surface area contributed by atoms with Gasteiger partial charge in [-0.05, 0) is 31.5 Å². The molecule has 3 rings (SSSR count). The summed E-state index contributed by atoms with van der Waals surface area (Å²) in [6.45, 7) is 1.73. The van der Waals surface area contributed by atoms with Gasteiger partial charge in [0.2, 0.25) is 20.0 Å². The summed E-state index contributed by atoms with van der Waals surface area (Å²) in [5.41, 5.74) is 5.69. The second-order valence-electron chi connectivity index (χ2n) is 7.86. The van der Waals surface area contributed by atoms with Crippen LogP contribution in [0.5, 0.6) is 0 Å². The summed E-state index contributed by atoms with van der Waals surface area (Å²) >= 11 is 0. The van der Waals surface area contributed by atoms with Gasteiger partial charge in [-0.15, -0.1) is 5.11 Å². The topological polar surface area (TPSA) is 193 Å². The molecule has 15 heteroatoms. The molecule has 2 heterocycles. The van der Waals surface area contributed by atoms with Crippen molar-refractivity contribution in [3.8, 4) is 0 Å². The van der Waals surface area contributed by atoms with E-state index in [-0.39, 0.29) is 55.7 Å². The number of sulfonamides is 2. The zero-order valence-corrected chi connectivity index (χ0v) is 19.7. The third-order valence-corrected chi connectivity index (χ3v) is 8.23. The highest BCUT2D eigenvalue weighted by Gasteiger charge is 2.36. The Morgan fingerprint density at radius 1 is 1.33 bits per heavy atom. The SMILES string of the molecule is CCC(O)CNS(=O)(=O)c1ccc(N2CCC(CN)C(F)C2)c(C2=NCN=N2)c1S(N)(=O)=O. The maximum Gasteiger partial charge on any atom is 0.242 e. The molecule has 0 saturated carbocycles. The summed E-state index contributed by atoms with van der Waals surface area (Å²) in [4.78, 5) is 4.33. The number of hydrogen-bond donors (Lipinski definition) is 4. The van der Waals surface area contributed by atoms with E-state index in [0.717, 1.165) is 6.07 Å². The minimum absolute atomic E-state index is 0.0717. The minimum Gasteiger partial charge on any atom is -0.392 e. The van der Waals surface area contributed by atoms with Crippen molar-refractivity contribution in [1.82, 2.24) is 4.72 Å². The number of anilines is 1. The second-order valence-corrected chi connectivity index (χ2v) is 11.1. The first kappa shape index (κ1) is 25.6. The van der Waals surface area contributed by atoms with Gasteiger partial charge in [-0.2, -0.15) is 5.11 Å². The summed E-state index contributed by atoms with van der Waals surface area (Å²) in [7, 11) is -9.03. The number of primary sulfonamides is 1. The van der Waals surface area contributed by atoms with Gasteiger partial charge in [0.05, 0.1) is 11.7 Å². The monoisotopic (exact) mass is 505 g/mol. The molecule has 1 aromatic rings. The lowest BCUT2D eigenvalue weighted by atomic mass is 9.94. The van der Waals surface area contributed by atoms with Gasteiger partial charge in [0.1, 0.15) is 16.0 Å². The summed E-state index contributed by atoms with van der Waals surface area (Å²) in [6, 6.07) is 2.47. The number of halogens is 1. The molecule has 1 aromatic carbocycles. The Labute approximate surface area is 192 Å². The predicted octanol–water partition coefficient (Wildman–Crippen LogP) is -0.324. The molecule has 1 fully saturated rings. The van der Waals surface area contributed by atoms with E-state index in [1.54, 1.807) is 11.8 Å². The van der Waals surface area contributed by atoms with Gasteiger partial charge in [-0.3, -0.25) is 0 Å².